The van der Waals surface area contributed by atoms with Crippen LogP contribution in [0.15, 0.2) is 48.5 Å². The van der Waals surface area contributed by atoms with Crippen molar-refractivity contribution in [1.29, 1.82) is 0 Å². The molecule has 0 radical (unpaired) electrons. The van der Waals surface area contributed by atoms with Gasteiger partial charge in [0.05, 0.1) is 12.8 Å². The zero-order valence-electron chi connectivity index (χ0n) is 12.8. The molecule has 2 aromatic carbocycles. The van der Waals surface area contributed by atoms with Crippen molar-refractivity contribution in [3.05, 3.63) is 54.1 Å². The van der Waals surface area contributed by atoms with E-state index in [1.165, 1.54) is 20.1 Å². The van der Waals surface area contributed by atoms with Crippen molar-refractivity contribution in [2.24, 2.45) is 0 Å². The maximum absolute atomic E-state index is 12.0. The highest BCUT2D eigenvalue weighted by molar-refractivity contribution is 6.43. The average Bonchev–Trinajstić information content (AvgIpc) is 2.55. The highest BCUT2D eigenvalue weighted by Crippen LogP contribution is 2.22. The van der Waals surface area contributed by atoms with Crippen molar-refractivity contribution >= 4 is 29.0 Å². The summed E-state index contributed by atoms with van der Waals surface area (Å²) in [4.78, 5) is 35.2. The second-order valence-electron chi connectivity index (χ2n) is 4.75. The van der Waals surface area contributed by atoms with Gasteiger partial charge in [-0.3, -0.25) is 14.4 Å². The topological polar surface area (TPSA) is 84.5 Å². The van der Waals surface area contributed by atoms with Crippen molar-refractivity contribution in [3.8, 4) is 5.75 Å². The molecule has 0 unspecified atom stereocenters. The highest BCUT2D eigenvalue weighted by atomic mass is 16.5. The zero-order valence-corrected chi connectivity index (χ0v) is 12.8. The van der Waals surface area contributed by atoms with Gasteiger partial charge in [-0.2, -0.15) is 0 Å². The van der Waals surface area contributed by atoms with E-state index < -0.39 is 11.8 Å². The largest absolute Gasteiger partial charge is 0.495 e. The molecule has 0 heterocycles. The molecule has 0 aromatic heterocycles. The van der Waals surface area contributed by atoms with E-state index in [1.54, 1.807) is 42.5 Å². The monoisotopic (exact) mass is 312 g/mol. The molecule has 118 valence electrons. The van der Waals surface area contributed by atoms with E-state index in [9.17, 15) is 14.4 Å². The van der Waals surface area contributed by atoms with Gasteiger partial charge in [-0.25, -0.2) is 0 Å². The fraction of sp³-hybridized carbons (Fsp3) is 0.118. The number of benzene rings is 2. The Morgan fingerprint density at radius 3 is 2.30 bits per heavy atom. The Morgan fingerprint density at radius 1 is 0.913 bits per heavy atom. The van der Waals surface area contributed by atoms with Crippen LogP contribution in [0.4, 0.5) is 11.4 Å². The molecule has 0 atom stereocenters. The van der Waals surface area contributed by atoms with E-state index >= 15 is 0 Å². The van der Waals surface area contributed by atoms with Crippen LogP contribution in [-0.4, -0.2) is 24.7 Å². The van der Waals surface area contributed by atoms with Gasteiger partial charge in [-0.1, -0.05) is 24.3 Å². The molecule has 0 spiro atoms. The molecule has 2 amide bonds. The Labute approximate surface area is 133 Å². The third kappa shape index (κ3) is 4.16. The Bertz CT molecular complexity index is 756. The van der Waals surface area contributed by atoms with Gasteiger partial charge in [0.25, 0.3) is 0 Å². The number of ether oxygens (including phenoxy) is 1. The summed E-state index contributed by atoms with van der Waals surface area (Å²) in [5, 5.41) is 4.93. The minimum Gasteiger partial charge on any atom is -0.495 e. The number of carbonyl (C=O) groups is 3. The number of nitrogens with one attached hydrogen (secondary N) is 2. The molecule has 0 saturated heterocycles. The van der Waals surface area contributed by atoms with Crippen LogP contribution in [0, 0.1) is 0 Å². The first-order valence-electron chi connectivity index (χ1n) is 6.87. The summed E-state index contributed by atoms with van der Waals surface area (Å²) in [7, 11) is 1.47. The van der Waals surface area contributed by atoms with Gasteiger partial charge in [0.2, 0.25) is 0 Å². The van der Waals surface area contributed by atoms with Crippen LogP contribution in [0.3, 0.4) is 0 Å². The Hall–Kier alpha value is -3.15. The number of amides is 2. The molecule has 0 aliphatic rings. The molecule has 0 fully saturated rings. The molecule has 23 heavy (non-hydrogen) atoms. The lowest BCUT2D eigenvalue weighted by molar-refractivity contribution is -0.133. The number of ketones is 1. The molecular formula is C17H16N2O4. The normalized spacial score (nSPS) is 9.83. The van der Waals surface area contributed by atoms with Crippen LogP contribution in [0.25, 0.3) is 0 Å². The van der Waals surface area contributed by atoms with E-state index in [4.69, 9.17) is 4.74 Å². The van der Waals surface area contributed by atoms with Crippen molar-refractivity contribution in [2.45, 2.75) is 6.92 Å². The average molecular weight is 312 g/mol. The van der Waals surface area contributed by atoms with Crippen LogP contribution < -0.4 is 15.4 Å². The first-order chi connectivity index (χ1) is 11.0. The second-order valence-corrected chi connectivity index (χ2v) is 4.75. The van der Waals surface area contributed by atoms with Crippen molar-refractivity contribution in [3.63, 3.8) is 0 Å². The molecule has 0 saturated carbocycles. The number of rotatable bonds is 4. The van der Waals surface area contributed by atoms with Gasteiger partial charge in [0.15, 0.2) is 5.78 Å². The summed E-state index contributed by atoms with van der Waals surface area (Å²) in [6.07, 6.45) is 0. The summed E-state index contributed by atoms with van der Waals surface area (Å²) in [6, 6.07) is 13.1. The third-order valence-electron chi connectivity index (χ3n) is 3.09. The van der Waals surface area contributed by atoms with Crippen LogP contribution in [-0.2, 0) is 9.59 Å². The fourth-order valence-corrected chi connectivity index (χ4v) is 1.93. The lowest BCUT2D eigenvalue weighted by Gasteiger charge is -2.10. The zero-order chi connectivity index (χ0) is 16.8. The molecule has 0 bridgehead atoms. The number of anilines is 2. The van der Waals surface area contributed by atoms with Crippen molar-refractivity contribution in [1.82, 2.24) is 0 Å². The van der Waals surface area contributed by atoms with Gasteiger partial charge in [-0.05, 0) is 31.2 Å². The van der Waals surface area contributed by atoms with E-state index in [0.717, 1.165) is 0 Å². The molecule has 2 aromatic rings. The summed E-state index contributed by atoms with van der Waals surface area (Å²) in [5.41, 5.74) is 1.22. The summed E-state index contributed by atoms with van der Waals surface area (Å²) >= 11 is 0. The van der Waals surface area contributed by atoms with E-state index in [2.05, 4.69) is 10.6 Å². The summed E-state index contributed by atoms with van der Waals surface area (Å²) in [6.45, 7) is 1.43. The van der Waals surface area contributed by atoms with Crippen molar-refractivity contribution < 1.29 is 19.1 Å². The Balaban J connectivity index is 2.07. The first kappa shape index (κ1) is 16.2. The van der Waals surface area contributed by atoms with Gasteiger partial charge >= 0.3 is 11.8 Å². The molecule has 6 heteroatoms. The lowest BCUT2D eigenvalue weighted by Crippen LogP contribution is -2.29. The molecule has 2 N–H and O–H groups in total. The lowest BCUT2D eigenvalue weighted by atomic mass is 10.1. The first-order valence-corrected chi connectivity index (χ1v) is 6.87. The second kappa shape index (κ2) is 7.22. The smallest absolute Gasteiger partial charge is 0.314 e. The Kier molecular flexibility index (Phi) is 5.09. The van der Waals surface area contributed by atoms with Gasteiger partial charge in [0, 0.05) is 11.3 Å². The maximum atomic E-state index is 12.0. The maximum Gasteiger partial charge on any atom is 0.314 e. The van der Waals surface area contributed by atoms with Gasteiger partial charge in [-0.15, -0.1) is 0 Å². The number of carbonyl (C=O) groups excluding carboxylic acids is 3. The number of para-hydroxylation sites is 2. The number of hydrogen-bond donors (Lipinski definition) is 2. The van der Waals surface area contributed by atoms with Crippen LogP contribution >= 0.6 is 0 Å². The predicted molar refractivity (Wildman–Crippen MR) is 86.7 cm³/mol. The summed E-state index contributed by atoms with van der Waals surface area (Å²) in [5.74, 6) is -1.34. The number of hydrogen-bond acceptors (Lipinski definition) is 4. The van der Waals surface area contributed by atoms with Crippen LogP contribution in [0.2, 0.25) is 0 Å². The standard InChI is InChI=1S/C17H16N2O4/c1-11(20)12-6-5-7-13(10-12)18-16(21)17(22)19-14-8-3-4-9-15(14)23-2/h3-10H,1-2H3,(H,18,21)(H,19,22). The molecule has 2 rings (SSSR count). The van der Waals surface area contributed by atoms with E-state index in [-0.39, 0.29) is 5.78 Å². The Morgan fingerprint density at radius 2 is 1.61 bits per heavy atom. The quantitative estimate of drug-likeness (QED) is 0.671. The molecule has 0 aliphatic carbocycles. The predicted octanol–water partition coefficient (Wildman–Crippen LogP) is 2.48. The fourth-order valence-electron chi connectivity index (χ4n) is 1.93. The number of Topliss-reactive ketones (excluding diaryl/α,β-unsaturated/α-hetero) is 1. The van der Waals surface area contributed by atoms with Crippen LogP contribution in [0.1, 0.15) is 17.3 Å². The van der Waals surface area contributed by atoms with Gasteiger partial charge < -0.3 is 15.4 Å². The van der Waals surface area contributed by atoms with E-state index in [1.807, 2.05) is 0 Å². The van der Waals surface area contributed by atoms with Crippen LogP contribution in [0.5, 0.6) is 5.75 Å². The van der Waals surface area contributed by atoms with Gasteiger partial charge in [0.1, 0.15) is 5.75 Å². The van der Waals surface area contributed by atoms with Crippen molar-refractivity contribution in [2.75, 3.05) is 17.7 Å². The van der Waals surface area contributed by atoms with E-state index in [0.29, 0.717) is 22.7 Å². The number of methoxy groups -OCH3 is 1. The third-order valence-corrected chi connectivity index (χ3v) is 3.09. The summed E-state index contributed by atoms with van der Waals surface area (Å²) < 4.78 is 5.10. The SMILES string of the molecule is COc1ccccc1NC(=O)C(=O)Nc1cccc(C(C)=O)c1. The molecule has 0 aliphatic heterocycles. The molecule has 6 nitrogen and oxygen atoms in total. The molecular weight excluding hydrogens is 296 g/mol. The highest BCUT2D eigenvalue weighted by Gasteiger charge is 2.16. The minimum absolute atomic E-state index is 0.125. The minimum atomic E-state index is -0.836.